The highest BCUT2D eigenvalue weighted by Gasteiger charge is 2.42. The van der Waals surface area contributed by atoms with Gasteiger partial charge in [-0.25, -0.2) is 0 Å². The number of carbonyl (C=O) groups is 1. The molecular weight excluding hydrogens is 252 g/mol. The molecule has 18 heavy (non-hydrogen) atoms. The summed E-state index contributed by atoms with van der Waals surface area (Å²) in [6.45, 7) is 1.82. The topological polar surface area (TPSA) is 32.8 Å². The lowest BCUT2D eigenvalue weighted by molar-refractivity contribution is -0.130. The molecule has 0 aromatic rings. The van der Waals surface area contributed by atoms with E-state index in [9.17, 15) is 4.79 Å². The number of alkyl halides is 1. The molecule has 2 atom stereocenters. The molecule has 2 aliphatic rings. The monoisotopic (exact) mass is 274 g/mol. The maximum Gasteiger partial charge on any atom is 0.237 e. The summed E-state index contributed by atoms with van der Waals surface area (Å²) in [6, 6.07) is 1.61. The molecule has 0 aromatic carbocycles. The zero-order valence-electron chi connectivity index (χ0n) is 11.3. The molecular formula is C13H23ClN2O2. The van der Waals surface area contributed by atoms with Crippen LogP contribution in [0.1, 0.15) is 25.7 Å². The first kappa shape index (κ1) is 14.1. The maximum atomic E-state index is 11.7. The number of fused-ring (bicyclic) bond motifs is 2. The molecule has 2 rings (SSSR count). The normalized spacial score (nSPS) is 31.6. The van der Waals surface area contributed by atoms with Gasteiger partial charge in [0.1, 0.15) is 5.88 Å². The fourth-order valence-electron chi connectivity index (χ4n) is 3.42. The number of nitrogens with zero attached hydrogens (tertiary/aromatic N) is 2. The second-order valence-electron chi connectivity index (χ2n) is 5.38. The largest absolute Gasteiger partial charge is 0.383 e. The molecule has 2 unspecified atom stereocenters. The SMILES string of the molecule is COCCN1C2CCC1CC(N(C)C(=O)CCl)C2. The summed E-state index contributed by atoms with van der Waals surface area (Å²) in [5.74, 6) is 0.141. The van der Waals surface area contributed by atoms with E-state index in [1.165, 1.54) is 12.8 Å². The van der Waals surface area contributed by atoms with Crippen LogP contribution in [0.5, 0.6) is 0 Å². The zero-order valence-corrected chi connectivity index (χ0v) is 12.0. The number of ether oxygens (including phenoxy) is 1. The van der Waals surface area contributed by atoms with Crippen LogP contribution in [0.4, 0.5) is 0 Å². The third-order valence-corrected chi connectivity index (χ3v) is 4.70. The minimum absolute atomic E-state index is 0.0476. The second-order valence-corrected chi connectivity index (χ2v) is 5.65. The minimum Gasteiger partial charge on any atom is -0.383 e. The van der Waals surface area contributed by atoms with Crippen molar-refractivity contribution >= 4 is 17.5 Å². The van der Waals surface area contributed by atoms with E-state index in [4.69, 9.17) is 16.3 Å². The average molecular weight is 275 g/mol. The predicted octanol–water partition coefficient (Wildman–Crippen LogP) is 1.33. The molecule has 0 N–H and O–H groups in total. The lowest BCUT2D eigenvalue weighted by Crippen LogP contribution is -2.51. The number of piperidine rings is 1. The smallest absolute Gasteiger partial charge is 0.237 e. The summed E-state index contributed by atoms with van der Waals surface area (Å²) in [5, 5.41) is 0. The van der Waals surface area contributed by atoms with Gasteiger partial charge in [0.05, 0.1) is 6.61 Å². The number of methoxy groups -OCH3 is 1. The van der Waals surface area contributed by atoms with Crippen LogP contribution in [0.25, 0.3) is 0 Å². The first-order valence-electron chi connectivity index (χ1n) is 6.73. The van der Waals surface area contributed by atoms with Gasteiger partial charge in [0.25, 0.3) is 0 Å². The van der Waals surface area contributed by atoms with E-state index in [0.29, 0.717) is 18.1 Å². The Hall–Kier alpha value is -0.320. The molecule has 0 spiro atoms. The van der Waals surface area contributed by atoms with Crippen LogP contribution in [0.3, 0.4) is 0 Å². The first-order chi connectivity index (χ1) is 8.67. The van der Waals surface area contributed by atoms with E-state index < -0.39 is 0 Å². The van der Waals surface area contributed by atoms with Gasteiger partial charge < -0.3 is 9.64 Å². The van der Waals surface area contributed by atoms with E-state index >= 15 is 0 Å². The molecule has 2 aliphatic heterocycles. The lowest BCUT2D eigenvalue weighted by atomic mass is 9.96. The summed E-state index contributed by atoms with van der Waals surface area (Å²) in [7, 11) is 3.64. The summed E-state index contributed by atoms with van der Waals surface area (Å²) < 4.78 is 5.18. The van der Waals surface area contributed by atoms with Gasteiger partial charge in [-0.15, -0.1) is 11.6 Å². The quantitative estimate of drug-likeness (QED) is 0.709. The average Bonchev–Trinajstić information content (AvgIpc) is 2.63. The van der Waals surface area contributed by atoms with Gasteiger partial charge in [-0.2, -0.15) is 0 Å². The summed E-state index contributed by atoms with van der Waals surface area (Å²) in [6.07, 6.45) is 4.68. The number of halogens is 1. The lowest BCUT2D eigenvalue weighted by Gasteiger charge is -2.42. The highest BCUT2D eigenvalue weighted by Crippen LogP contribution is 2.37. The number of carbonyl (C=O) groups excluding carboxylic acids is 1. The van der Waals surface area contributed by atoms with Crippen LogP contribution in [0.15, 0.2) is 0 Å². The van der Waals surface area contributed by atoms with E-state index in [1.807, 2.05) is 11.9 Å². The van der Waals surface area contributed by atoms with Crippen LogP contribution in [0, 0.1) is 0 Å². The molecule has 104 valence electrons. The Morgan fingerprint density at radius 2 is 2.00 bits per heavy atom. The third kappa shape index (κ3) is 2.81. The molecule has 0 radical (unpaired) electrons. The first-order valence-corrected chi connectivity index (χ1v) is 7.27. The van der Waals surface area contributed by atoms with Gasteiger partial charge in [-0.05, 0) is 25.7 Å². The van der Waals surface area contributed by atoms with Gasteiger partial charge >= 0.3 is 0 Å². The molecule has 2 bridgehead atoms. The third-order valence-electron chi connectivity index (χ3n) is 4.47. The van der Waals surface area contributed by atoms with Crippen molar-refractivity contribution in [3.63, 3.8) is 0 Å². The summed E-state index contributed by atoms with van der Waals surface area (Å²) in [4.78, 5) is 16.1. The Morgan fingerprint density at radius 1 is 1.39 bits per heavy atom. The minimum atomic E-state index is 0.0476. The van der Waals surface area contributed by atoms with Crippen LogP contribution in [-0.4, -0.2) is 67.0 Å². The summed E-state index contributed by atoms with van der Waals surface area (Å²) >= 11 is 5.63. The fraction of sp³-hybridized carbons (Fsp3) is 0.923. The molecule has 2 saturated heterocycles. The highest BCUT2D eigenvalue weighted by atomic mass is 35.5. The molecule has 2 fully saturated rings. The van der Waals surface area contributed by atoms with Crippen molar-refractivity contribution in [3.05, 3.63) is 0 Å². The predicted molar refractivity (Wildman–Crippen MR) is 71.9 cm³/mol. The molecule has 0 aliphatic carbocycles. The number of hydrogen-bond donors (Lipinski definition) is 0. The van der Waals surface area contributed by atoms with Gasteiger partial charge in [0, 0.05) is 38.8 Å². The van der Waals surface area contributed by atoms with E-state index in [-0.39, 0.29) is 11.8 Å². The van der Waals surface area contributed by atoms with Crippen molar-refractivity contribution in [1.29, 1.82) is 0 Å². The highest BCUT2D eigenvalue weighted by molar-refractivity contribution is 6.27. The molecule has 0 aromatic heterocycles. The molecule has 4 nitrogen and oxygen atoms in total. The molecule has 5 heteroatoms. The standard InChI is InChI=1S/C13H23ClN2O2/c1-15(13(17)9-14)12-7-10-3-4-11(8-12)16(10)5-6-18-2/h10-12H,3-9H2,1-2H3. The van der Waals surface area contributed by atoms with Crippen molar-refractivity contribution in [2.24, 2.45) is 0 Å². The Bertz CT molecular complexity index is 287. The van der Waals surface area contributed by atoms with E-state index in [1.54, 1.807) is 7.11 Å². The number of rotatable bonds is 5. The zero-order chi connectivity index (χ0) is 13.1. The Labute approximate surface area is 114 Å². The molecule has 0 saturated carbocycles. The van der Waals surface area contributed by atoms with Crippen LogP contribution in [-0.2, 0) is 9.53 Å². The number of amides is 1. The Morgan fingerprint density at radius 3 is 2.50 bits per heavy atom. The van der Waals surface area contributed by atoms with Crippen LogP contribution < -0.4 is 0 Å². The van der Waals surface area contributed by atoms with Crippen molar-refractivity contribution < 1.29 is 9.53 Å². The Kier molecular flexibility index (Phi) is 4.87. The molecule has 2 heterocycles. The van der Waals surface area contributed by atoms with Gasteiger partial charge in [0.2, 0.25) is 5.91 Å². The van der Waals surface area contributed by atoms with Crippen molar-refractivity contribution in [1.82, 2.24) is 9.80 Å². The summed E-state index contributed by atoms with van der Waals surface area (Å²) in [5.41, 5.74) is 0. The number of hydrogen-bond acceptors (Lipinski definition) is 3. The maximum absolute atomic E-state index is 11.7. The van der Waals surface area contributed by atoms with E-state index in [0.717, 1.165) is 26.0 Å². The van der Waals surface area contributed by atoms with E-state index in [2.05, 4.69) is 4.90 Å². The van der Waals surface area contributed by atoms with Gasteiger partial charge in [-0.3, -0.25) is 9.69 Å². The van der Waals surface area contributed by atoms with Crippen molar-refractivity contribution in [2.75, 3.05) is 33.2 Å². The van der Waals surface area contributed by atoms with Gasteiger partial charge in [0.15, 0.2) is 0 Å². The van der Waals surface area contributed by atoms with Crippen LogP contribution in [0.2, 0.25) is 0 Å². The van der Waals surface area contributed by atoms with Crippen LogP contribution >= 0.6 is 11.6 Å². The van der Waals surface area contributed by atoms with Gasteiger partial charge in [-0.1, -0.05) is 0 Å². The molecule has 1 amide bonds. The second kappa shape index (κ2) is 6.22. The van der Waals surface area contributed by atoms with Crippen molar-refractivity contribution in [3.8, 4) is 0 Å². The van der Waals surface area contributed by atoms with Crippen molar-refractivity contribution in [2.45, 2.75) is 43.8 Å². The fourth-order valence-corrected chi connectivity index (χ4v) is 3.61. The Balaban J connectivity index is 1.93.